The van der Waals surface area contributed by atoms with E-state index in [0.717, 1.165) is 37.3 Å². The molecule has 1 N–H and O–H groups in total. The molecule has 0 amide bonds. The topological polar surface area (TPSA) is 38.0 Å². The molecule has 3 heteroatoms. The van der Waals surface area contributed by atoms with Crippen molar-refractivity contribution in [3.05, 3.63) is 18.0 Å². The molecule has 0 aliphatic heterocycles. The van der Waals surface area contributed by atoms with Crippen molar-refractivity contribution in [2.45, 2.75) is 58.6 Å². The molecule has 2 rings (SSSR count). The van der Waals surface area contributed by atoms with E-state index in [2.05, 4.69) is 18.9 Å². The third-order valence-corrected chi connectivity index (χ3v) is 3.95. The van der Waals surface area contributed by atoms with Crippen LogP contribution in [0.5, 0.6) is 0 Å². The molecule has 1 aromatic rings. The Bertz CT molecular complexity index is 340. The maximum atomic E-state index is 10.4. The summed E-state index contributed by atoms with van der Waals surface area (Å²) in [5, 5.41) is 14.7. The normalized spacial score (nSPS) is 27.0. The van der Waals surface area contributed by atoms with Gasteiger partial charge in [-0.1, -0.05) is 26.7 Å². The molecule has 1 aliphatic rings. The second kappa shape index (κ2) is 5.67. The summed E-state index contributed by atoms with van der Waals surface area (Å²) in [6, 6.07) is 0. The molecular weight excluding hydrogens is 212 g/mol. The predicted octanol–water partition coefficient (Wildman–Crippen LogP) is 3.15. The number of rotatable bonds is 4. The van der Waals surface area contributed by atoms with E-state index in [4.69, 9.17) is 0 Å². The monoisotopic (exact) mass is 236 g/mol. The quantitative estimate of drug-likeness (QED) is 0.872. The molecule has 1 aliphatic carbocycles. The van der Waals surface area contributed by atoms with Crippen molar-refractivity contribution in [2.24, 2.45) is 11.8 Å². The highest BCUT2D eigenvalue weighted by atomic mass is 16.3. The highest BCUT2D eigenvalue weighted by molar-refractivity contribution is 5.09. The Morgan fingerprint density at radius 1 is 1.41 bits per heavy atom. The van der Waals surface area contributed by atoms with Crippen LogP contribution in [0.25, 0.3) is 0 Å². The van der Waals surface area contributed by atoms with Crippen LogP contribution in [0.2, 0.25) is 0 Å². The maximum absolute atomic E-state index is 10.4. The van der Waals surface area contributed by atoms with Crippen LogP contribution in [-0.2, 0) is 6.54 Å². The zero-order chi connectivity index (χ0) is 12.3. The molecule has 0 spiro atoms. The van der Waals surface area contributed by atoms with Gasteiger partial charge < -0.3 is 5.11 Å². The fraction of sp³-hybridized carbons (Fsp3) is 0.786. The summed E-state index contributed by atoms with van der Waals surface area (Å²) in [6.45, 7) is 5.39. The minimum absolute atomic E-state index is 0.312. The van der Waals surface area contributed by atoms with Gasteiger partial charge in [-0.3, -0.25) is 4.68 Å². The molecule has 1 saturated carbocycles. The van der Waals surface area contributed by atoms with Gasteiger partial charge in [-0.05, 0) is 31.1 Å². The first-order valence-electron chi connectivity index (χ1n) is 6.91. The van der Waals surface area contributed by atoms with Crippen LogP contribution in [-0.4, -0.2) is 14.9 Å². The molecule has 17 heavy (non-hydrogen) atoms. The Balaban J connectivity index is 1.96. The van der Waals surface area contributed by atoms with E-state index < -0.39 is 0 Å². The number of hydrogen-bond acceptors (Lipinski definition) is 2. The minimum atomic E-state index is -0.312. The first-order valence-corrected chi connectivity index (χ1v) is 6.91. The van der Waals surface area contributed by atoms with Crippen LogP contribution >= 0.6 is 0 Å². The van der Waals surface area contributed by atoms with Gasteiger partial charge in [-0.2, -0.15) is 5.10 Å². The van der Waals surface area contributed by atoms with Gasteiger partial charge in [0.25, 0.3) is 0 Å². The molecule has 0 bridgehead atoms. The minimum Gasteiger partial charge on any atom is -0.388 e. The number of aromatic nitrogens is 2. The fourth-order valence-electron chi connectivity index (χ4n) is 2.76. The van der Waals surface area contributed by atoms with E-state index in [1.54, 1.807) is 0 Å². The maximum Gasteiger partial charge on any atom is 0.0848 e. The first-order chi connectivity index (χ1) is 8.20. The lowest BCUT2D eigenvalue weighted by atomic mass is 9.79. The van der Waals surface area contributed by atoms with E-state index in [0.29, 0.717) is 5.92 Å². The molecule has 1 unspecified atom stereocenters. The molecule has 1 aromatic heterocycles. The molecule has 1 heterocycles. The number of aliphatic hydroxyl groups excluding tert-OH is 1. The molecule has 0 radical (unpaired) electrons. The Morgan fingerprint density at radius 2 is 2.12 bits per heavy atom. The molecule has 96 valence electrons. The first kappa shape index (κ1) is 12.6. The van der Waals surface area contributed by atoms with Crippen LogP contribution in [0.1, 0.15) is 57.6 Å². The van der Waals surface area contributed by atoms with Crippen molar-refractivity contribution < 1.29 is 5.11 Å². The van der Waals surface area contributed by atoms with Crippen LogP contribution in [0.4, 0.5) is 0 Å². The van der Waals surface area contributed by atoms with Crippen molar-refractivity contribution in [3.8, 4) is 0 Å². The Kier molecular flexibility index (Phi) is 4.21. The summed E-state index contributed by atoms with van der Waals surface area (Å²) in [6.07, 6.45) is 9.43. The van der Waals surface area contributed by atoms with Crippen molar-refractivity contribution in [2.75, 3.05) is 0 Å². The fourth-order valence-corrected chi connectivity index (χ4v) is 2.76. The second-order valence-electron chi connectivity index (χ2n) is 5.50. The number of aliphatic hydroxyl groups is 1. The summed E-state index contributed by atoms with van der Waals surface area (Å²) < 4.78 is 1.93. The van der Waals surface area contributed by atoms with Crippen molar-refractivity contribution >= 4 is 0 Å². The highest BCUT2D eigenvalue weighted by Gasteiger charge is 2.26. The van der Waals surface area contributed by atoms with Gasteiger partial charge >= 0.3 is 0 Å². The van der Waals surface area contributed by atoms with Gasteiger partial charge in [0.1, 0.15) is 0 Å². The van der Waals surface area contributed by atoms with Crippen LogP contribution in [0, 0.1) is 11.8 Å². The lowest BCUT2D eigenvalue weighted by molar-refractivity contribution is 0.0755. The third kappa shape index (κ3) is 3.09. The summed E-state index contributed by atoms with van der Waals surface area (Å²) in [5.41, 5.74) is 0.998. The molecule has 1 fully saturated rings. The van der Waals surface area contributed by atoms with E-state index in [1.165, 1.54) is 12.8 Å². The van der Waals surface area contributed by atoms with Crippen LogP contribution in [0.3, 0.4) is 0 Å². The average Bonchev–Trinajstić information content (AvgIpc) is 2.78. The van der Waals surface area contributed by atoms with Crippen LogP contribution in [0.15, 0.2) is 12.4 Å². The van der Waals surface area contributed by atoms with Gasteiger partial charge in [0, 0.05) is 18.3 Å². The largest absolute Gasteiger partial charge is 0.388 e. The van der Waals surface area contributed by atoms with Gasteiger partial charge in [0.05, 0.1) is 12.3 Å². The number of aryl methyl sites for hydroxylation is 1. The zero-order valence-corrected chi connectivity index (χ0v) is 11.0. The third-order valence-electron chi connectivity index (χ3n) is 3.95. The average molecular weight is 236 g/mol. The number of nitrogens with zero attached hydrogens (tertiary/aromatic N) is 2. The van der Waals surface area contributed by atoms with Gasteiger partial charge in [-0.25, -0.2) is 0 Å². The predicted molar refractivity (Wildman–Crippen MR) is 68.6 cm³/mol. The van der Waals surface area contributed by atoms with E-state index in [-0.39, 0.29) is 6.10 Å². The van der Waals surface area contributed by atoms with Gasteiger partial charge in [0.2, 0.25) is 0 Å². The van der Waals surface area contributed by atoms with Gasteiger partial charge in [-0.15, -0.1) is 0 Å². The van der Waals surface area contributed by atoms with Gasteiger partial charge in [0.15, 0.2) is 0 Å². The molecule has 3 nitrogen and oxygen atoms in total. The molecule has 0 saturated heterocycles. The summed E-state index contributed by atoms with van der Waals surface area (Å²) in [5.74, 6) is 1.27. The molecule has 1 atom stereocenters. The van der Waals surface area contributed by atoms with E-state index >= 15 is 0 Å². The summed E-state index contributed by atoms with van der Waals surface area (Å²) in [7, 11) is 0. The second-order valence-corrected chi connectivity index (χ2v) is 5.50. The standard InChI is InChI=1S/C14H24N2O/c1-3-8-16-10-13(9-15-16)14(17)12-6-4-11(2)5-7-12/h9-12,14,17H,3-8H2,1-2H3. The van der Waals surface area contributed by atoms with Crippen molar-refractivity contribution in [1.29, 1.82) is 0 Å². The van der Waals surface area contributed by atoms with Crippen molar-refractivity contribution in [1.82, 2.24) is 9.78 Å². The summed E-state index contributed by atoms with van der Waals surface area (Å²) >= 11 is 0. The highest BCUT2D eigenvalue weighted by Crippen LogP contribution is 2.36. The number of hydrogen-bond donors (Lipinski definition) is 1. The lowest BCUT2D eigenvalue weighted by Gasteiger charge is -2.29. The Morgan fingerprint density at radius 3 is 2.76 bits per heavy atom. The Hall–Kier alpha value is -0.830. The smallest absolute Gasteiger partial charge is 0.0848 e. The van der Waals surface area contributed by atoms with E-state index in [9.17, 15) is 5.11 Å². The molecule has 0 aromatic carbocycles. The van der Waals surface area contributed by atoms with E-state index in [1.807, 2.05) is 17.1 Å². The molecular formula is C14H24N2O. The SMILES string of the molecule is CCCn1cc(C(O)C2CCC(C)CC2)cn1. The van der Waals surface area contributed by atoms with Crippen molar-refractivity contribution in [3.63, 3.8) is 0 Å². The Labute approximate surface area is 104 Å². The van der Waals surface area contributed by atoms with Crippen LogP contribution < -0.4 is 0 Å². The zero-order valence-electron chi connectivity index (χ0n) is 11.0. The lowest BCUT2D eigenvalue weighted by Crippen LogP contribution is -2.19. The summed E-state index contributed by atoms with van der Waals surface area (Å²) in [4.78, 5) is 0.